The summed E-state index contributed by atoms with van der Waals surface area (Å²) in [6.07, 6.45) is 1.57. The normalized spacial score (nSPS) is 10.9. The minimum absolute atomic E-state index is 0.156. The Morgan fingerprint density at radius 1 is 0.317 bits per heavy atom. The number of rotatable bonds is 8. The predicted molar refractivity (Wildman–Crippen MR) is 257 cm³/mol. The van der Waals surface area contributed by atoms with Crippen LogP contribution in [0.2, 0.25) is 0 Å². The summed E-state index contributed by atoms with van der Waals surface area (Å²) >= 11 is 0. The quantitative estimate of drug-likeness (QED) is 0.134. The Hall–Kier alpha value is -6.96. The third kappa shape index (κ3) is 10.2. The lowest BCUT2D eigenvalue weighted by molar-refractivity contribution is 0.617. The molecule has 0 saturated heterocycles. The standard InChI is InChI=1S/C30H26FN.C29H26F2/c1-19-14-23(18-24-7-12-29(31)21(3)15-24)6-10-27(19)25-8-11-28(20(2)16-25)26-9-13-30(32-5)22(4)17-26;1-18-13-22(17-23-6-11-28(30)20(3)14-23)5-9-26(18)24-7-10-27(19(2)15-24)25-8-12-29(31)21(4)16-25/h6-17H,18H2,1-4H3;5-16H,17H2,1-4H3. The van der Waals surface area contributed by atoms with Crippen molar-refractivity contribution in [3.8, 4) is 44.5 Å². The smallest absolute Gasteiger partial charge is 0.190 e. The molecule has 0 aromatic heterocycles. The Balaban J connectivity index is 0.000000189. The second-order valence-corrected chi connectivity index (χ2v) is 17.0. The Morgan fingerprint density at radius 2 is 0.587 bits per heavy atom. The van der Waals surface area contributed by atoms with Gasteiger partial charge in [0.05, 0.1) is 6.57 Å². The molecule has 0 amide bonds. The molecule has 314 valence electrons. The van der Waals surface area contributed by atoms with Gasteiger partial charge in [-0.3, -0.25) is 0 Å². The van der Waals surface area contributed by atoms with Gasteiger partial charge in [0.15, 0.2) is 5.69 Å². The molecule has 63 heavy (non-hydrogen) atoms. The van der Waals surface area contributed by atoms with Crippen molar-refractivity contribution >= 4 is 5.69 Å². The number of hydrogen-bond acceptors (Lipinski definition) is 0. The van der Waals surface area contributed by atoms with E-state index < -0.39 is 0 Å². The van der Waals surface area contributed by atoms with E-state index in [0.717, 1.165) is 51.8 Å². The number of benzene rings is 8. The van der Waals surface area contributed by atoms with Crippen LogP contribution >= 0.6 is 0 Å². The van der Waals surface area contributed by atoms with Crippen molar-refractivity contribution in [1.29, 1.82) is 0 Å². The second-order valence-electron chi connectivity index (χ2n) is 17.0. The highest BCUT2D eigenvalue weighted by Crippen LogP contribution is 2.34. The van der Waals surface area contributed by atoms with E-state index in [9.17, 15) is 13.2 Å². The van der Waals surface area contributed by atoms with Gasteiger partial charge in [0.2, 0.25) is 0 Å². The van der Waals surface area contributed by atoms with Crippen LogP contribution < -0.4 is 0 Å². The van der Waals surface area contributed by atoms with Gasteiger partial charge in [-0.1, -0.05) is 121 Å². The summed E-state index contributed by atoms with van der Waals surface area (Å²) in [5.74, 6) is -0.494. The van der Waals surface area contributed by atoms with Gasteiger partial charge in [0.1, 0.15) is 17.5 Å². The van der Waals surface area contributed by atoms with Gasteiger partial charge in [0, 0.05) is 0 Å². The van der Waals surface area contributed by atoms with Crippen molar-refractivity contribution < 1.29 is 13.2 Å². The highest BCUT2D eigenvalue weighted by Gasteiger charge is 2.12. The van der Waals surface area contributed by atoms with Crippen molar-refractivity contribution in [2.24, 2.45) is 0 Å². The first kappa shape index (κ1) is 44.1. The zero-order valence-electron chi connectivity index (χ0n) is 37.4. The first-order chi connectivity index (χ1) is 30.2. The number of nitrogens with zero attached hydrogens (tertiary/aromatic N) is 1. The number of aryl methyl sites for hydroxylation is 8. The second kappa shape index (κ2) is 19.0. The molecule has 0 heterocycles. The largest absolute Gasteiger partial charge is 0.238 e. The van der Waals surface area contributed by atoms with Crippen LogP contribution in [0.1, 0.15) is 66.8 Å². The summed E-state index contributed by atoms with van der Waals surface area (Å²) in [7, 11) is 0. The van der Waals surface area contributed by atoms with E-state index in [2.05, 4.69) is 111 Å². The van der Waals surface area contributed by atoms with Crippen molar-refractivity contribution in [2.45, 2.75) is 68.2 Å². The minimum Gasteiger partial charge on any atom is -0.238 e. The Morgan fingerprint density at radius 3 is 0.921 bits per heavy atom. The lowest BCUT2D eigenvalue weighted by Crippen LogP contribution is -1.94. The zero-order chi connectivity index (χ0) is 44.9. The average molecular weight is 832 g/mol. The minimum atomic E-state index is -0.176. The SMILES string of the molecule is Cc1cc(Cc2ccc(-c3ccc(-c4ccc(F)c(C)c4)c(C)c3)c(C)c2)ccc1F.[C-]#[N+]c1ccc(-c2ccc(-c3ccc(Cc4ccc(F)c(C)c4)cc3C)cc2C)cc1C. The Kier molecular flexibility index (Phi) is 13.3. The van der Waals surface area contributed by atoms with Gasteiger partial charge >= 0.3 is 0 Å². The summed E-state index contributed by atoms with van der Waals surface area (Å²) in [6.45, 7) is 23.1. The monoisotopic (exact) mass is 831 g/mol. The van der Waals surface area contributed by atoms with E-state index in [-0.39, 0.29) is 17.5 Å². The van der Waals surface area contributed by atoms with Gasteiger partial charge in [0.25, 0.3) is 0 Å². The molecule has 0 N–H and O–H groups in total. The topological polar surface area (TPSA) is 4.36 Å². The third-order valence-corrected chi connectivity index (χ3v) is 12.0. The van der Waals surface area contributed by atoms with Crippen LogP contribution in [0.4, 0.5) is 18.9 Å². The average Bonchev–Trinajstić information content (AvgIpc) is 3.25. The maximum atomic E-state index is 13.6. The van der Waals surface area contributed by atoms with E-state index in [1.165, 1.54) is 61.7 Å². The molecule has 0 atom stereocenters. The summed E-state index contributed by atoms with van der Waals surface area (Å²) in [5.41, 5.74) is 22.5. The van der Waals surface area contributed by atoms with E-state index in [1.807, 2.05) is 55.5 Å². The van der Waals surface area contributed by atoms with E-state index in [0.29, 0.717) is 22.4 Å². The molecule has 0 bridgehead atoms. The van der Waals surface area contributed by atoms with Crippen molar-refractivity contribution in [3.63, 3.8) is 0 Å². The summed E-state index contributed by atoms with van der Waals surface area (Å²) in [6, 6.07) is 48.0. The van der Waals surface area contributed by atoms with E-state index in [4.69, 9.17) is 6.57 Å². The van der Waals surface area contributed by atoms with E-state index in [1.54, 1.807) is 32.9 Å². The van der Waals surface area contributed by atoms with Crippen molar-refractivity contribution in [2.75, 3.05) is 0 Å². The molecule has 0 aliphatic rings. The van der Waals surface area contributed by atoms with Gasteiger partial charge in [-0.15, -0.1) is 0 Å². The van der Waals surface area contributed by atoms with Crippen molar-refractivity contribution in [3.05, 3.63) is 241 Å². The third-order valence-electron chi connectivity index (χ3n) is 12.0. The molecular formula is C59H52F3N. The lowest BCUT2D eigenvalue weighted by Gasteiger charge is -2.13. The molecule has 0 spiro atoms. The molecule has 1 nitrogen and oxygen atoms in total. The fraction of sp³-hybridized carbons (Fsp3) is 0.169. The molecule has 0 saturated carbocycles. The van der Waals surface area contributed by atoms with E-state index >= 15 is 0 Å². The highest BCUT2D eigenvalue weighted by atomic mass is 19.1. The zero-order valence-corrected chi connectivity index (χ0v) is 37.4. The molecule has 0 fully saturated rings. The van der Waals surface area contributed by atoms with Crippen LogP contribution in [0.3, 0.4) is 0 Å². The maximum absolute atomic E-state index is 13.6. The molecule has 0 aliphatic heterocycles. The first-order valence-electron chi connectivity index (χ1n) is 21.3. The highest BCUT2D eigenvalue weighted by molar-refractivity contribution is 5.77. The predicted octanol–water partition coefficient (Wildman–Crippen LogP) is 16.7. The molecular weight excluding hydrogens is 780 g/mol. The summed E-state index contributed by atoms with van der Waals surface area (Å²) < 4.78 is 40.7. The van der Waals surface area contributed by atoms with Crippen LogP contribution in [0.25, 0.3) is 49.4 Å². The number of halogens is 3. The molecule has 8 rings (SSSR count). The fourth-order valence-corrected chi connectivity index (χ4v) is 8.50. The molecule has 8 aromatic carbocycles. The number of hydrogen-bond donors (Lipinski definition) is 0. The molecule has 4 heteroatoms. The Labute approximate surface area is 371 Å². The lowest BCUT2D eigenvalue weighted by atomic mass is 9.92. The molecule has 0 radical (unpaired) electrons. The van der Waals surface area contributed by atoms with Crippen LogP contribution in [0, 0.1) is 79.4 Å². The van der Waals surface area contributed by atoms with Gasteiger partial charge < -0.3 is 0 Å². The molecule has 8 aromatic rings. The van der Waals surface area contributed by atoms with Crippen LogP contribution in [0.15, 0.2) is 146 Å². The maximum Gasteiger partial charge on any atom is 0.190 e. The van der Waals surface area contributed by atoms with Gasteiger partial charge in [-0.05, 0) is 204 Å². The fourth-order valence-electron chi connectivity index (χ4n) is 8.50. The molecule has 0 aliphatic carbocycles. The van der Waals surface area contributed by atoms with Gasteiger partial charge in [-0.2, -0.15) is 0 Å². The van der Waals surface area contributed by atoms with Crippen molar-refractivity contribution in [1.82, 2.24) is 0 Å². The first-order valence-corrected chi connectivity index (χ1v) is 21.3. The van der Waals surface area contributed by atoms with Crippen LogP contribution in [-0.4, -0.2) is 0 Å². The van der Waals surface area contributed by atoms with Crippen LogP contribution in [0.5, 0.6) is 0 Å². The molecule has 0 unspecified atom stereocenters. The van der Waals surface area contributed by atoms with Gasteiger partial charge in [-0.25, -0.2) is 18.0 Å². The van der Waals surface area contributed by atoms with Crippen LogP contribution in [-0.2, 0) is 12.8 Å². The summed E-state index contributed by atoms with van der Waals surface area (Å²) in [4.78, 5) is 3.57. The summed E-state index contributed by atoms with van der Waals surface area (Å²) in [5, 5.41) is 0. The Bertz CT molecular complexity index is 3040.